The molecule has 0 spiro atoms. The number of benzene rings is 1. The molecule has 1 aromatic carbocycles. The molecule has 0 radical (unpaired) electrons. The average molecular weight is 268 g/mol. The molecule has 0 aromatic heterocycles. The van der Waals surface area contributed by atoms with Crippen molar-refractivity contribution in [1.29, 1.82) is 0 Å². The Kier molecular flexibility index (Phi) is 3.16. The summed E-state index contributed by atoms with van der Waals surface area (Å²) in [4.78, 5) is 13.4. The van der Waals surface area contributed by atoms with Crippen LogP contribution >= 0.6 is 0 Å². The molecule has 1 fully saturated rings. The van der Waals surface area contributed by atoms with Gasteiger partial charge in [0.2, 0.25) is 15.9 Å². The molecule has 2 rings (SSSR count). The van der Waals surface area contributed by atoms with Crippen LogP contribution in [0.4, 0.5) is 5.69 Å². The summed E-state index contributed by atoms with van der Waals surface area (Å²) in [5, 5.41) is 4.30. The summed E-state index contributed by atoms with van der Waals surface area (Å²) in [6.07, 6.45) is -0.0356. The lowest BCUT2D eigenvalue weighted by atomic mass is 10.1. The number of sulfonamides is 1. The van der Waals surface area contributed by atoms with Gasteiger partial charge in [0.25, 0.3) is 0 Å². The number of amides is 1. The topological polar surface area (TPSA) is 80.5 Å². The van der Waals surface area contributed by atoms with Crippen molar-refractivity contribution >= 4 is 21.6 Å². The summed E-state index contributed by atoms with van der Waals surface area (Å²) in [5.74, 6) is -0.194. The Balaban J connectivity index is 2.33. The van der Waals surface area contributed by atoms with E-state index in [2.05, 4.69) is 0 Å². The molecule has 2 N–H and O–H groups in total. The zero-order valence-electron chi connectivity index (χ0n) is 10.4. The first-order chi connectivity index (χ1) is 8.29. The minimum atomic E-state index is -3.66. The van der Waals surface area contributed by atoms with Gasteiger partial charge >= 0.3 is 0 Å². The number of nitrogens with two attached hydrogens (primary N) is 1. The second kappa shape index (κ2) is 4.37. The number of nitrogens with zero attached hydrogens (tertiary/aromatic N) is 1. The van der Waals surface area contributed by atoms with Crippen LogP contribution < -0.4 is 10.0 Å². The SMILES string of the molecule is Cc1ccc(N2CC(S(N)(=O)=O)CC2=O)c(C)c1. The van der Waals surface area contributed by atoms with Crippen molar-refractivity contribution in [3.8, 4) is 0 Å². The maximum absolute atomic E-state index is 11.9. The molecule has 0 saturated carbocycles. The van der Waals surface area contributed by atoms with Gasteiger partial charge in [0.1, 0.15) is 5.25 Å². The molecular formula is C12H16N2O3S. The first kappa shape index (κ1) is 13.0. The maximum atomic E-state index is 11.9. The average Bonchev–Trinajstić information content (AvgIpc) is 2.60. The van der Waals surface area contributed by atoms with Gasteiger partial charge in [-0.05, 0) is 25.5 Å². The number of primary sulfonamides is 1. The minimum Gasteiger partial charge on any atom is -0.311 e. The number of hydrogen-bond donors (Lipinski definition) is 1. The number of hydrogen-bond acceptors (Lipinski definition) is 3. The standard InChI is InChI=1S/C12H16N2O3S/c1-8-3-4-11(9(2)5-8)14-7-10(6-12(14)15)18(13,16)17/h3-5,10H,6-7H2,1-2H3,(H2,13,16,17). The number of aryl methyl sites for hydroxylation is 2. The van der Waals surface area contributed by atoms with Gasteiger partial charge in [-0.15, -0.1) is 0 Å². The van der Waals surface area contributed by atoms with Gasteiger partial charge in [-0.25, -0.2) is 13.6 Å². The third-order valence-electron chi connectivity index (χ3n) is 3.20. The van der Waals surface area contributed by atoms with Crippen LogP contribution in [0.2, 0.25) is 0 Å². The second-order valence-corrected chi connectivity index (χ2v) is 6.55. The molecule has 1 saturated heterocycles. The second-order valence-electron chi connectivity index (χ2n) is 4.71. The Morgan fingerprint density at radius 3 is 2.50 bits per heavy atom. The van der Waals surface area contributed by atoms with Crippen LogP contribution in [0, 0.1) is 13.8 Å². The van der Waals surface area contributed by atoms with Crippen LogP contribution in [-0.2, 0) is 14.8 Å². The van der Waals surface area contributed by atoms with E-state index in [1.54, 1.807) is 0 Å². The zero-order chi connectivity index (χ0) is 13.5. The van der Waals surface area contributed by atoms with E-state index in [4.69, 9.17) is 5.14 Å². The summed E-state index contributed by atoms with van der Waals surface area (Å²) in [5.41, 5.74) is 2.82. The Labute approximate surface area is 107 Å². The van der Waals surface area contributed by atoms with Crippen LogP contribution in [0.5, 0.6) is 0 Å². The highest BCUT2D eigenvalue weighted by Gasteiger charge is 2.37. The van der Waals surface area contributed by atoms with E-state index >= 15 is 0 Å². The van der Waals surface area contributed by atoms with Gasteiger partial charge in [-0.1, -0.05) is 17.7 Å². The smallest absolute Gasteiger partial charge is 0.228 e. The Bertz CT molecular complexity index is 595. The van der Waals surface area contributed by atoms with E-state index < -0.39 is 15.3 Å². The van der Waals surface area contributed by atoms with Crippen molar-refractivity contribution in [3.05, 3.63) is 29.3 Å². The van der Waals surface area contributed by atoms with Gasteiger partial charge in [0, 0.05) is 18.7 Å². The summed E-state index contributed by atoms with van der Waals surface area (Å²) in [6.45, 7) is 4.01. The summed E-state index contributed by atoms with van der Waals surface area (Å²) in [6, 6.07) is 5.71. The third-order valence-corrected chi connectivity index (χ3v) is 4.44. The van der Waals surface area contributed by atoms with E-state index in [0.29, 0.717) is 0 Å². The van der Waals surface area contributed by atoms with E-state index in [0.717, 1.165) is 16.8 Å². The van der Waals surface area contributed by atoms with Crippen molar-refractivity contribution in [2.24, 2.45) is 5.14 Å². The Hall–Kier alpha value is -1.40. The highest BCUT2D eigenvalue weighted by atomic mass is 32.2. The predicted octanol–water partition coefficient (Wildman–Crippen LogP) is 0.697. The fourth-order valence-electron chi connectivity index (χ4n) is 2.24. The van der Waals surface area contributed by atoms with E-state index in [1.165, 1.54) is 4.90 Å². The van der Waals surface area contributed by atoms with Crippen molar-refractivity contribution in [2.75, 3.05) is 11.4 Å². The lowest BCUT2D eigenvalue weighted by molar-refractivity contribution is -0.117. The minimum absolute atomic E-state index is 0.0356. The molecule has 1 amide bonds. The molecule has 1 atom stereocenters. The van der Waals surface area contributed by atoms with Crippen molar-refractivity contribution in [2.45, 2.75) is 25.5 Å². The highest BCUT2D eigenvalue weighted by Crippen LogP contribution is 2.27. The molecule has 1 aromatic rings. The zero-order valence-corrected chi connectivity index (χ0v) is 11.2. The quantitative estimate of drug-likeness (QED) is 0.857. The largest absolute Gasteiger partial charge is 0.311 e. The molecule has 6 heteroatoms. The molecule has 1 aliphatic rings. The lowest BCUT2D eigenvalue weighted by Gasteiger charge is -2.19. The van der Waals surface area contributed by atoms with Gasteiger partial charge in [0.15, 0.2) is 0 Å². The maximum Gasteiger partial charge on any atom is 0.228 e. The number of rotatable bonds is 2. The fraction of sp³-hybridized carbons (Fsp3) is 0.417. The number of carbonyl (C=O) groups excluding carboxylic acids is 1. The molecule has 1 heterocycles. The molecular weight excluding hydrogens is 252 g/mol. The third kappa shape index (κ3) is 2.39. The van der Waals surface area contributed by atoms with Crippen LogP contribution in [0.25, 0.3) is 0 Å². The van der Waals surface area contributed by atoms with Crippen LogP contribution in [0.15, 0.2) is 18.2 Å². The van der Waals surface area contributed by atoms with Crippen molar-refractivity contribution in [1.82, 2.24) is 0 Å². The van der Waals surface area contributed by atoms with Gasteiger partial charge in [-0.2, -0.15) is 0 Å². The van der Waals surface area contributed by atoms with Crippen LogP contribution in [0.3, 0.4) is 0 Å². The Morgan fingerprint density at radius 1 is 1.33 bits per heavy atom. The van der Waals surface area contributed by atoms with Crippen molar-refractivity contribution in [3.63, 3.8) is 0 Å². The molecule has 0 bridgehead atoms. The summed E-state index contributed by atoms with van der Waals surface area (Å²) in [7, 11) is -3.66. The molecule has 98 valence electrons. The lowest BCUT2D eigenvalue weighted by Crippen LogP contribution is -2.32. The van der Waals surface area contributed by atoms with Crippen molar-refractivity contribution < 1.29 is 13.2 Å². The first-order valence-corrected chi connectivity index (χ1v) is 7.29. The summed E-state index contributed by atoms with van der Waals surface area (Å²) >= 11 is 0. The highest BCUT2D eigenvalue weighted by molar-refractivity contribution is 7.89. The molecule has 1 unspecified atom stereocenters. The first-order valence-electron chi connectivity index (χ1n) is 5.68. The van der Waals surface area contributed by atoms with Gasteiger partial charge in [-0.3, -0.25) is 4.79 Å². The van der Waals surface area contributed by atoms with Gasteiger partial charge < -0.3 is 4.90 Å². The van der Waals surface area contributed by atoms with Gasteiger partial charge in [0.05, 0.1) is 0 Å². The van der Waals surface area contributed by atoms with E-state index in [1.807, 2.05) is 32.0 Å². The fourth-order valence-corrected chi connectivity index (χ4v) is 2.97. The molecule has 5 nitrogen and oxygen atoms in total. The monoisotopic (exact) mass is 268 g/mol. The summed E-state index contributed by atoms with van der Waals surface area (Å²) < 4.78 is 22.6. The number of carbonyl (C=O) groups is 1. The van der Waals surface area contributed by atoms with E-state index in [-0.39, 0.29) is 18.9 Å². The molecule has 18 heavy (non-hydrogen) atoms. The normalized spacial score (nSPS) is 20.5. The Morgan fingerprint density at radius 2 is 2.00 bits per heavy atom. The number of anilines is 1. The van der Waals surface area contributed by atoms with E-state index in [9.17, 15) is 13.2 Å². The van der Waals surface area contributed by atoms with Crippen LogP contribution in [0.1, 0.15) is 17.5 Å². The molecule has 1 aliphatic heterocycles. The van der Waals surface area contributed by atoms with Crippen LogP contribution in [-0.4, -0.2) is 26.1 Å². The molecule has 0 aliphatic carbocycles. The predicted molar refractivity (Wildman–Crippen MR) is 69.8 cm³/mol.